The van der Waals surface area contributed by atoms with Crippen LogP contribution in [-0.2, 0) is 19.2 Å². The normalized spacial score (nSPS) is 9.86. The number of amides is 1. The number of hydrogen-bond acceptors (Lipinski definition) is 5. The lowest BCUT2D eigenvalue weighted by atomic mass is 10.2. The molecule has 0 bridgehead atoms. The van der Waals surface area contributed by atoms with Gasteiger partial charge in [-0.15, -0.1) is 0 Å². The number of fused-ring (bicyclic) bond motifs is 1. The number of hydrogen-bond donors (Lipinski definition) is 6. The molecule has 28 heavy (non-hydrogen) atoms. The monoisotopic (exact) mass is 392 g/mol. The largest absolute Gasteiger partial charge is 0.478 e. The highest BCUT2D eigenvalue weighted by atomic mass is 16.4. The third-order valence-electron chi connectivity index (χ3n) is 2.53. The maximum Gasteiger partial charge on any atom is 0.328 e. The van der Waals surface area contributed by atoms with Crippen molar-refractivity contribution >= 4 is 40.7 Å². The molecule has 2 aromatic rings. The number of nitrogens with two attached hydrogens (primary N) is 1. The smallest absolute Gasteiger partial charge is 0.328 e. The predicted molar refractivity (Wildman–Crippen MR) is 95.6 cm³/mol. The van der Waals surface area contributed by atoms with E-state index in [-0.39, 0.29) is 0 Å². The van der Waals surface area contributed by atoms with Gasteiger partial charge in [0.15, 0.2) is 0 Å². The summed E-state index contributed by atoms with van der Waals surface area (Å²) in [6.45, 7) is 0. The minimum atomic E-state index is -1.26. The summed E-state index contributed by atoms with van der Waals surface area (Å²) in [7, 11) is 0. The predicted octanol–water partition coefficient (Wildman–Crippen LogP) is 0.690. The van der Waals surface area contributed by atoms with Gasteiger partial charge in [0.05, 0.1) is 0 Å². The Kier molecular flexibility index (Phi) is 10.1. The molecule has 2 rings (SSSR count). The summed E-state index contributed by atoms with van der Waals surface area (Å²) < 4.78 is 0. The molecular weight excluding hydrogens is 376 g/mol. The fourth-order valence-electron chi connectivity index (χ4n) is 1.49. The lowest BCUT2D eigenvalue weighted by Crippen LogP contribution is -2.10. The number of aromatic amines is 1. The van der Waals surface area contributed by atoms with Crippen LogP contribution in [0.2, 0.25) is 0 Å². The van der Waals surface area contributed by atoms with E-state index in [1.807, 2.05) is 24.3 Å². The van der Waals surface area contributed by atoms with Crippen LogP contribution < -0.4 is 5.73 Å². The summed E-state index contributed by atoms with van der Waals surface area (Å²) in [5, 5.41) is 32.3. The number of nitrogens with one attached hydrogen (secondary N) is 1. The van der Waals surface area contributed by atoms with Crippen molar-refractivity contribution in [2.75, 3.05) is 0 Å². The Hall–Kier alpha value is -4.41. The highest BCUT2D eigenvalue weighted by Gasteiger charge is 2.03. The molecule has 1 heterocycles. The Balaban J connectivity index is 0.000000408. The van der Waals surface area contributed by atoms with Gasteiger partial charge < -0.3 is 31.1 Å². The molecule has 11 heteroatoms. The number of carbonyl (C=O) groups is 5. The van der Waals surface area contributed by atoms with E-state index >= 15 is 0 Å². The van der Waals surface area contributed by atoms with E-state index < -0.39 is 29.8 Å². The van der Waals surface area contributed by atoms with E-state index in [0.717, 1.165) is 10.9 Å². The van der Waals surface area contributed by atoms with Crippen LogP contribution >= 0.6 is 0 Å². The van der Waals surface area contributed by atoms with Crippen LogP contribution in [0.3, 0.4) is 0 Å². The summed E-state index contributed by atoms with van der Waals surface area (Å²) in [5.74, 6) is -5.45. The Morgan fingerprint density at radius 3 is 1.46 bits per heavy atom. The molecule has 0 spiro atoms. The van der Waals surface area contributed by atoms with Crippen molar-refractivity contribution in [3.63, 3.8) is 0 Å². The van der Waals surface area contributed by atoms with E-state index in [0.29, 0.717) is 30.0 Å². The molecule has 0 aliphatic carbocycles. The second kappa shape index (κ2) is 12.0. The first-order chi connectivity index (χ1) is 13.0. The first kappa shape index (κ1) is 23.6. The Bertz CT molecular complexity index is 827. The number of rotatable bonds is 5. The van der Waals surface area contributed by atoms with Gasteiger partial charge in [0.2, 0.25) is 0 Å². The van der Waals surface area contributed by atoms with Gasteiger partial charge in [0, 0.05) is 35.2 Å². The number of aromatic nitrogens is 1. The molecule has 1 aromatic carbocycles. The zero-order chi connectivity index (χ0) is 21.7. The molecule has 0 saturated heterocycles. The fraction of sp³-hybridized carbons (Fsp3) is 0. The van der Waals surface area contributed by atoms with Crippen LogP contribution in [0.15, 0.2) is 54.6 Å². The van der Waals surface area contributed by atoms with Gasteiger partial charge in [-0.3, -0.25) is 4.79 Å². The Morgan fingerprint density at radius 2 is 1.14 bits per heavy atom. The highest BCUT2D eigenvalue weighted by molar-refractivity contribution is 5.97. The Labute approximate surface area is 157 Å². The molecule has 7 N–H and O–H groups in total. The van der Waals surface area contributed by atoms with Crippen LogP contribution in [0.1, 0.15) is 10.5 Å². The second-order valence-electron chi connectivity index (χ2n) is 4.65. The van der Waals surface area contributed by atoms with E-state index in [9.17, 15) is 24.0 Å². The maximum atomic E-state index is 10.8. The van der Waals surface area contributed by atoms with Gasteiger partial charge >= 0.3 is 23.9 Å². The fourth-order valence-corrected chi connectivity index (χ4v) is 1.49. The first-order valence-corrected chi connectivity index (χ1v) is 7.18. The lowest BCUT2D eigenvalue weighted by Gasteiger charge is -1.85. The van der Waals surface area contributed by atoms with Gasteiger partial charge in [-0.25, -0.2) is 19.2 Å². The molecule has 0 radical (unpaired) electrons. The quantitative estimate of drug-likeness (QED) is 0.395. The van der Waals surface area contributed by atoms with Gasteiger partial charge in [0.25, 0.3) is 5.91 Å². The summed E-state index contributed by atoms with van der Waals surface area (Å²) in [5.41, 5.74) is 6.50. The second-order valence-corrected chi connectivity index (χ2v) is 4.65. The number of para-hydroxylation sites is 1. The number of primary amides is 1. The average molecular weight is 392 g/mol. The number of benzene rings is 1. The van der Waals surface area contributed by atoms with Gasteiger partial charge in [0.1, 0.15) is 5.69 Å². The van der Waals surface area contributed by atoms with E-state index in [1.165, 1.54) is 0 Å². The molecule has 0 atom stereocenters. The van der Waals surface area contributed by atoms with Gasteiger partial charge in [-0.2, -0.15) is 0 Å². The molecule has 1 amide bonds. The van der Waals surface area contributed by atoms with Gasteiger partial charge in [-0.1, -0.05) is 18.2 Å². The number of aliphatic carboxylic acids is 4. The molecule has 0 unspecified atom stereocenters. The topological polar surface area (TPSA) is 208 Å². The van der Waals surface area contributed by atoms with Gasteiger partial charge in [-0.05, 0) is 12.1 Å². The van der Waals surface area contributed by atoms with E-state index in [4.69, 9.17) is 26.2 Å². The SMILES string of the molecule is NC(=O)c1cc2ccccc2[nH]1.O=C(O)/C=C\C(=O)O.O=C(O)/C=C\C(=O)O. The number of carboxylic acid groups (broad SMARTS) is 4. The van der Waals surface area contributed by atoms with Crippen molar-refractivity contribution in [3.8, 4) is 0 Å². The average Bonchev–Trinajstić information content (AvgIpc) is 3.04. The molecule has 0 fully saturated rings. The third-order valence-corrected chi connectivity index (χ3v) is 2.53. The number of carbonyl (C=O) groups excluding carboxylic acids is 1. The summed E-state index contributed by atoms with van der Waals surface area (Å²) in [4.78, 5) is 51.9. The Morgan fingerprint density at radius 1 is 0.750 bits per heavy atom. The van der Waals surface area contributed by atoms with Crippen LogP contribution in [0.4, 0.5) is 0 Å². The zero-order valence-electron chi connectivity index (χ0n) is 14.1. The summed E-state index contributed by atoms with van der Waals surface area (Å²) >= 11 is 0. The molecule has 0 aliphatic heterocycles. The van der Waals surface area contributed by atoms with Crippen LogP contribution in [0, 0.1) is 0 Å². The zero-order valence-corrected chi connectivity index (χ0v) is 14.1. The summed E-state index contributed by atoms with van der Waals surface area (Å²) in [6.07, 6.45) is 2.23. The van der Waals surface area contributed by atoms with E-state index in [1.54, 1.807) is 6.07 Å². The molecule has 1 aromatic heterocycles. The van der Waals surface area contributed by atoms with Crippen molar-refractivity contribution < 1.29 is 44.4 Å². The van der Waals surface area contributed by atoms with Crippen LogP contribution in [0.25, 0.3) is 10.9 Å². The lowest BCUT2D eigenvalue weighted by molar-refractivity contribution is -0.134. The van der Waals surface area contributed by atoms with Crippen molar-refractivity contribution in [2.24, 2.45) is 5.73 Å². The first-order valence-electron chi connectivity index (χ1n) is 7.18. The molecular formula is C17H16N2O9. The standard InChI is InChI=1S/C9H8N2O.2C4H4O4/c10-9(12)8-5-6-3-1-2-4-7(6)11-8;2*5-3(6)1-2-4(7)8/h1-5,11H,(H2,10,12);2*1-2H,(H,5,6)(H,7,8)/b;2*2-1-. The van der Waals surface area contributed by atoms with Crippen LogP contribution in [0.5, 0.6) is 0 Å². The van der Waals surface area contributed by atoms with Crippen molar-refractivity contribution in [1.82, 2.24) is 4.98 Å². The number of carboxylic acids is 4. The summed E-state index contributed by atoms with van der Waals surface area (Å²) in [6, 6.07) is 9.41. The maximum absolute atomic E-state index is 10.8. The molecule has 0 saturated carbocycles. The molecule has 11 nitrogen and oxygen atoms in total. The van der Waals surface area contributed by atoms with Crippen molar-refractivity contribution in [2.45, 2.75) is 0 Å². The number of H-pyrrole nitrogens is 1. The molecule has 148 valence electrons. The third kappa shape index (κ3) is 11.2. The van der Waals surface area contributed by atoms with Crippen LogP contribution in [-0.4, -0.2) is 55.2 Å². The van der Waals surface area contributed by atoms with Crippen molar-refractivity contribution in [1.29, 1.82) is 0 Å². The van der Waals surface area contributed by atoms with Crippen molar-refractivity contribution in [3.05, 3.63) is 60.3 Å². The molecule has 0 aliphatic rings. The van der Waals surface area contributed by atoms with E-state index in [2.05, 4.69) is 4.98 Å². The minimum absolute atomic E-state index is 0.425. The minimum Gasteiger partial charge on any atom is -0.478 e. The highest BCUT2D eigenvalue weighted by Crippen LogP contribution is 2.13.